The third-order valence-corrected chi connectivity index (χ3v) is 4.69. The molecule has 0 spiro atoms. The molecule has 6 heteroatoms. The fourth-order valence-corrected chi connectivity index (χ4v) is 3.40. The molecule has 2 aromatic rings. The number of nitrogens with zero attached hydrogens (tertiary/aromatic N) is 1. The minimum absolute atomic E-state index is 0.0265. The van der Waals surface area contributed by atoms with Gasteiger partial charge in [0, 0.05) is 19.2 Å². The van der Waals surface area contributed by atoms with Crippen molar-refractivity contribution in [2.75, 3.05) is 20.3 Å². The van der Waals surface area contributed by atoms with Gasteiger partial charge in [0.05, 0.1) is 24.3 Å². The van der Waals surface area contributed by atoms with Crippen molar-refractivity contribution < 1.29 is 24.2 Å². The second kappa shape index (κ2) is 8.92. The number of aliphatic hydroxyl groups is 1. The molecule has 29 heavy (non-hydrogen) atoms. The first-order valence-corrected chi connectivity index (χ1v) is 9.53. The highest BCUT2D eigenvalue weighted by Gasteiger charge is 2.45. The van der Waals surface area contributed by atoms with E-state index in [-0.39, 0.29) is 30.6 Å². The van der Waals surface area contributed by atoms with Gasteiger partial charge in [-0.1, -0.05) is 30.3 Å². The van der Waals surface area contributed by atoms with Crippen LogP contribution >= 0.6 is 0 Å². The van der Waals surface area contributed by atoms with Crippen molar-refractivity contribution in [3.8, 4) is 5.75 Å². The first-order chi connectivity index (χ1) is 13.9. The number of carbonyl (C=O) groups excluding carboxylic acids is 2. The van der Waals surface area contributed by atoms with Crippen LogP contribution in [0, 0.1) is 0 Å². The Morgan fingerprint density at radius 3 is 2.31 bits per heavy atom. The summed E-state index contributed by atoms with van der Waals surface area (Å²) in [6.45, 7) is 4.39. The van der Waals surface area contributed by atoms with E-state index in [1.54, 1.807) is 24.3 Å². The van der Waals surface area contributed by atoms with Crippen LogP contribution in [0.2, 0.25) is 0 Å². The number of carbonyl (C=O) groups is 2. The van der Waals surface area contributed by atoms with Crippen LogP contribution in [0.25, 0.3) is 5.76 Å². The van der Waals surface area contributed by atoms with Crippen LogP contribution in [0.3, 0.4) is 0 Å². The lowest BCUT2D eigenvalue weighted by Crippen LogP contribution is -2.32. The zero-order valence-electron chi connectivity index (χ0n) is 16.8. The van der Waals surface area contributed by atoms with Gasteiger partial charge in [0.15, 0.2) is 0 Å². The average Bonchev–Trinajstić information content (AvgIpc) is 2.97. The van der Waals surface area contributed by atoms with Crippen LogP contribution in [0.1, 0.15) is 31.0 Å². The van der Waals surface area contributed by atoms with Crippen LogP contribution in [-0.2, 0) is 14.3 Å². The van der Waals surface area contributed by atoms with Crippen molar-refractivity contribution in [2.24, 2.45) is 0 Å². The molecular weight excluding hydrogens is 370 g/mol. The number of ether oxygens (including phenoxy) is 2. The SMILES string of the molecule is COCCN1C(=O)C(=O)C(=C(O)c2ccc(OC(C)C)cc2)[C@H]1c1ccccc1. The molecule has 1 fully saturated rings. The molecule has 0 aliphatic carbocycles. The lowest BCUT2D eigenvalue weighted by Gasteiger charge is -2.25. The molecule has 0 bridgehead atoms. The predicted octanol–water partition coefficient (Wildman–Crippen LogP) is 3.54. The molecule has 0 radical (unpaired) electrons. The second-order valence-corrected chi connectivity index (χ2v) is 7.09. The van der Waals surface area contributed by atoms with Crippen molar-refractivity contribution in [3.63, 3.8) is 0 Å². The van der Waals surface area contributed by atoms with Crippen molar-refractivity contribution in [1.29, 1.82) is 0 Å². The van der Waals surface area contributed by atoms with Gasteiger partial charge >= 0.3 is 0 Å². The van der Waals surface area contributed by atoms with Gasteiger partial charge in [-0.25, -0.2) is 0 Å². The summed E-state index contributed by atoms with van der Waals surface area (Å²) < 4.78 is 10.7. The first kappa shape index (κ1) is 20.6. The van der Waals surface area contributed by atoms with E-state index < -0.39 is 17.7 Å². The zero-order chi connectivity index (χ0) is 21.0. The predicted molar refractivity (Wildman–Crippen MR) is 110 cm³/mol. The Hall–Kier alpha value is -3.12. The molecular formula is C23H25NO5. The highest BCUT2D eigenvalue weighted by Crippen LogP contribution is 2.39. The Bertz CT molecular complexity index is 903. The number of Topliss-reactive ketones (excluding diaryl/α,β-unsaturated/α-hetero) is 1. The topological polar surface area (TPSA) is 76.1 Å². The normalized spacial score (nSPS) is 18.5. The number of aliphatic hydroxyl groups excluding tert-OH is 1. The summed E-state index contributed by atoms with van der Waals surface area (Å²) >= 11 is 0. The standard InChI is InChI=1S/C23H25NO5/c1-15(2)29-18-11-9-17(10-12-18)21(25)19-20(16-7-5-4-6-8-16)24(13-14-28-3)23(27)22(19)26/h4-12,15,20,25H,13-14H2,1-3H3/t20-/m1/s1. The maximum atomic E-state index is 12.8. The van der Waals surface area contributed by atoms with Gasteiger partial charge in [-0.3, -0.25) is 9.59 Å². The monoisotopic (exact) mass is 395 g/mol. The summed E-state index contributed by atoms with van der Waals surface area (Å²) in [5, 5.41) is 11.0. The summed E-state index contributed by atoms with van der Waals surface area (Å²) in [5.74, 6) is -0.878. The van der Waals surface area contributed by atoms with Crippen molar-refractivity contribution in [1.82, 2.24) is 4.90 Å². The smallest absolute Gasteiger partial charge is 0.295 e. The Labute approximate surface area is 170 Å². The minimum Gasteiger partial charge on any atom is -0.507 e. The number of methoxy groups -OCH3 is 1. The van der Waals surface area contributed by atoms with E-state index in [2.05, 4.69) is 0 Å². The molecule has 1 heterocycles. The first-order valence-electron chi connectivity index (χ1n) is 9.53. The van der Waals surface area contributed by atoms with Gasteiger partial charge in [-0.15, -0.1) is 0 Å². The van der Waals surface area contributed by atoms with Crippen LogP contribution < -0.4 is 4.74 Å². The second-order valence-electron chi connectivity index (χ2n) is 7.09. The number of likely N-dealkylation sites (tertiary alicyclic amines) is 1. The summed E-state index contributed by atoms with van der Waals surface area (Å²) in [7, 11) is 1.54. The summed E-state index contributed by atoms with van der Waals surface area (Å²) in [4.78, 5) is 26.9. The van der Waals surface area contributed by atoms with Gasteiger partial charge in [0.25, 0.3) is 11.7 Å². The average molecular weight is 395 g/mol. The summed E-state index contributed by atoms with van der Waals surface area (Å²) in [6.07, 6.45) is 0.0265. The fraction of sp³-hybridized carbons (Fsp3) is 0.304. The molecule has 1 atom stereocenters. The quantitative estimate of drug-likeness (QED) is 0.441. The fourth-order valence-electron chi connectivity index (χ4n) is 3.40. The van der Waals surface area contributed by atoms with E-state index >= 15 is 0 Å². The lowest BCUT2D eigenvalue weighted by atomic mass is 9.95. The molecule has 1 aliphatic rings. The van der Waals surface area contributed by atoms with Crippen LogP contribution in [0.4, 0.5) is 0 Å². The number of hydrogen-bond donors (Lipinski definition) is 1. The van der Waals surface area contributed by atoms with Crippen molar-refractivity contribution >= 4 is 17.4 Å². The van der Waals surface area contributed by atoms with Gasteiger partial charge in [-0.05, 0) is 43.7 Å². The lowest BCUT2D eigenvalue weighted by molar-refractivity contribution is -0.140. The van der Waals surface area contributed by atoms with E-state index in [1.807, 2.05) is 44.2 Å². The highest BCUT2D eigenvalue weighted by molar-refractivity contribution is 6.46. The molecule has 152 valence electrons. The number of amides is 1. The van der Waals surface area contributed by atoms with E-state index in [1.165, 1.54) is 12.0 Å². The van der Waals surface area contributed by atoms with Gasteiger partial charge in [0.1, 0.15) is 11.5 Å². The number of ketones is 1. The van der Waals surface area contributed by atoms with E-state index in [0.29, 0.717) is 11.3 Å². The Balaban J connectivity index is 2.05. The van der Waals surface area contributed by atoms with Crippen LogP contribution in [-0.4, -0.2) is 48.1 Å². The van der Waals surface area contributed by atoms with Crippen molar-refractivity contribution in [3.05, 3.63) is 71.3 Å². The molecule has 6 nitrogen and oxygen atoms in total. The molecule has 1 N–H and O–H groups in total. The van der Waals surface area contributed by atoms with Gasteiger partial charge in [-0.2, -0.15) is 0 Å². The van der Waals surface area contributed by atoms with Crippen molar-refractivity contribution in [2.45, 2.75) is 26.0 Å². The summed E-state index contributed by atoms with van der Waals surface area (Å²) in [5.41, 5.74) is 1.28. The minimum atomic E-state index is -0.699. The highest BCUT2D eigenvalue weighted by atomic mass is 16.5. The summed E-state index contributed by atoms with van der Waals surface area (Å²) in [6, 6.07) is 15.4. The molecule has 0 saturated carbocycles. The van der Waals surface area contributed by atoms with Gasteiger partial charge < -0.3 is 19.5 Å². The third kappa shape index (κ3) is 4.32. The van der Waals surface area contributed by atoms with E-state index in [0.717, 1.165) is 5.56 Å². The molecule has 1 aliphatic heterocycles. The molecule has 2 aromatic carbocycles. The number of hydrogen-bond acceptors (Lipinski definition) is 5. The Kier molecular flexibility index (Phi) is 6.34. The molecule has 1 amide bonds. The molecule has 0 aromatic heterocycles. The number of benzene rings is 2. The zero-order valence-corrected chi connectivity index (χ0v) is 16.8. The number of rotatable bonds is 7. The van der Waals surface area contributed by atoms with Crippen LogP contribution in [0.5, 0.6) is 5.75 Å². The Morgan fingerprint density at radius 2 is 1.72 bits per heavy atom. The Morgan fingerprint density at radius 1 is 1.07 bits per heavy atom. The maximum Gasteiger partial charge on any atom is 0.295 e. The maximum absolute atomic E-state index is 12.8. The van der Waals surface area contributed by atoms with E-state index in [4.69, 9.17) is 9.47 Å². The third-order valence-electron chi connectivity index (χ3n) is 4.69. The van der Waals surface area contributed by atoms with Crippen LogP contribution in [0.15, 0.2) is 60.2 Å². The molecule has 0 unspecified atom stereocenters. The van der Waals surface area contributed by atoms with Gasteiger partial charge in [0.2, 0.25) is 0 Å². The largest absolute Gasteiger partial charge is 0.507 e. The van der Waals surface area contributed by atoms with E-state index in [9.17, 15) is 14.7 Å². The molecule has 1 saturated heterocycles. The molecule has 3 rings (SSSR count).